The van der Waals surface area contributed by atoms with Crippen molar-refractivity contribution in [2.45, 2.75) is 58.9 Å². The highest BCUT2D eigenvalue weighted by molar-refractivity contribution is 4.92. The molecule has 15 heavy (non-hydrogen) atoms. The molecule has 0 amide bonds. The van der Waals surface area contributed by atoms with Gasteiger partial charge < -0.3 is 11.1 Å². The van der Waals surface area contributed by atoms with Gasteiger partial charge in [0.25, 0.3) is 0 Å². The zero-order valence-corrected chi connectivity index (χ0v) is 10.7. The molecule has 2 nitrogen and oxygen atoms in total. The predicted molar refractivity (Wildman–Crippen MR) is 66.9 cm³/mol. The minimum Gasteiger partial charge on any atom is -0.327 e. The fraction of sp³-hybridized carbons (Fsp3) is 1.00. The first kappa shape index (κ1) is 13.0. The Bertz CT molecular complexity index is 177. The van der Waals surface area contributed by atoms with E-state index in [2.05, 4.69) is 26.1 Å². The van der Waals surface area contributed by atoms with Crippen LogP contribution < -0.4 is 11.1 Å². The summed E-state index contributed by atoms with van der Waals surface area (Å²) in [6, 6.07) is 0.409. The molecule has 0 heterocycles. The van der Waals surface area contributed by atoms with Crippen LogP contribution in [-0.2, 0) is 0 Å². The summed E-state index contributed by atoms with van der Waals surface area (Å²) < 4.78 is 0. The Kier molecular flexibility index (Phi) is 5.07. The van der Waals surface area contributed by atoms with E-state index in [9.17, 15) is 0 Å². The molecule has 0 aromatic heterocycles. The second kappa shape index (κ2) is 5.86. The smallest absolute Gasteiger partial charge is 0.0105 e. The second-order valence-electron chi connectivity index (χ2n) is 5.47. The van der Waals surface area contributed by atoms with Crippen molar-refractivity contribution in [2.75, 3.05) is 13.1 Å². The molecule has 3 N–H and O–H groups in total. The molecule has 2 heteroatoms. The summed E-state index contributed by atoms with van der Waals surface area (Å²) >= 11 is 0. The van der Waals surface area contributed by atoms with Gasteiger partial charge in [0.15, 0.2) is 0 Å². The first-order valence-electron chi connectivity index (χ1n) is 6.58. The maximum atomic E-state index is 6.16. The van der Waals surface area contributed by atoms with Crippen molar-refractivity contribution in [3.8, 4) is 0 Å². The van der Waals surface area contributed by atoms with E-state index in [4.69, 9.17) is 5.73 Å². The molecule has 1 aliphatic rings. The van der Waals surface area contributed by atoms with E-state index in [1.54, 1.807) is 0 Å². The van der Waals surface area contributed by atoms with Crippen molar-refractivity contribution >= 4 is 0 Å². The summed E-state index contributed by atoms with van der Waals surface area (Å²) in [5, 5.41) is 3.62. The monoisotopic (exact) mass is 212 g/mol. The average molecular weight is 212 g/mol. The number of hydrogen-bond acceptors (Lipinski definition) is 2. The molecule has 1 aliphatic carbocycles. The van der Waals surface area contributed by atoms with Crippen LogP contribution in [0.3, 0.4) is 0 Å². The van der Waals surface area contributed by atoms with Crippen LogP contribution in [0.1, 0.15) is 52.9 Å². The fourth-order valence-corrected chi connectivity index (χ4v) is 2.62. The molecular formula is C13H28N2. The van der Waals surface area contributed by atoms with E-state index in [-0.39, 0.29) is 0 Å². The van der Waals surface area contributed by atoms with Crippen LogP contribution in [0.25, 0.3) is 0 Å². The highest BCUT2D eigenvalue weighted by atomic mass is 14.9. The number of nitrogens with two attached hydrogens (primary N) is 1. The van der Waals surface area contributed by atoms with Crippen molar-refractivity contribution in [3.05, 3.63) is 0 Å². The Labute approximate surface area is 95.0 Å². The summed E-state index contributed by atoms with van der Waals surface area (Å²) in [6.07, 6.45) is 6.39. The van der Waals surface area contributed by atoms with Crippen LogP contribution in [0.15, 0.2) is 0 Å². The minimum atomic E-state index is 0.353. The summed E-state index contributed by atoms with van der Waals surface area (Å²) in [6.45, 7) is 9.16. The van der Waals surface area contributed by atoms with Gasteiger partial charge in [0.1, 0.15) is 0 Å². The van der Waals surface area contributed by atoms with Gasteiger partial charge in [0.2, 0.25) is 0 Å². The Hall–Kier alpha value is -0.0800. The van der Waals surface area contributed by atoms with E-state index in [1.165, 1.54) is 32.1 Å². The zero-order chi connectivity index (χ0) is 11.3. The molecule has 1 saturated carbocycles. The Balaban J connectivity index is 2.24. The van der Waals surface area contributed by atoms with Crippen molar-refractivity contribution in [2.24, 2.45) is 17.1 Å². The van der Waals surface area contributed by atoms with Crippen LogP contribution in [0, 0.1) is 11.3 Å². The van der Waals surface area contributed by atoms with Crippen LogP contribution in [0.2, 0.25) is 0 Å². The maximum absolute atomic E-state index is 6.16. The van der Waals surface area contributed by atoms with E-state index in [0.29, 0.717) is 11.5 Å². The Morgan fingerprint density at radius 3 is 2.53 bits per heavy atom. The minimum absolute atomic E-state index is 0.353. The third-order valence-electron chi connectivity index (χ3n) is 4.27. The average Bonchev–Trinajstić information content (AvgIpc) is 2.55. The van der Waals surface area contributed by atoms with Crippen molar-refractivity contribution in [3.63, 3.8) is 0 Å². The van der Waals surface area contributed by atoms with Gasteiger partial charge >= 0.3 is 0 Å². The molecule has 1 rings (SSSR count). The van der Waals surface area contributed by atoms with Gasteiger partial charge in [0, 0.05) is 12.6 Å². The quantitative estimate of drug-likeness (QED) is 0.710. The van der Waals surface area contributed by atoms with E-state index in [0.717, 1.165) is 19.0 Å². The van der Waals surface area contributed by atoms with Gasteiger partial charge in [-0.25, -0.2) is 0 Å². The third kappa shape index (κ3) is 3.46. The van der Waals surface area contributed by atoms with Crippen LogP contribution >= 0.6 is 0 Å². The third-order valence-corrected chi connectivity index (χ3v) is 4.27. The molecule has 2 atom stereocenters. The zero-order valence-electron chi connectivity index (χ0n) is 10.7. The normalized spacial score (nSPS) is 31.4. The molecule has 0 radical (unpaired) electrons. The molecular weight excluding hydrogens is 184 g/mol. The van der Waals surface area contributed by atoms with E-state index >= 15 is 0 Å². The Morgan fingerprint density at radius 2 is 2.07 bits per heavy atom. The second-order valence-corrected chi connectivity index (χ2v) is 5.47. The maximum Gasteiger partial charge on any atom is 0.0105 e. The van der Waals surface area contributed by atoms with Gasteiger partial charge in [0.05, 0.1) is 0 Å². The van der Waals surface area contributed by atoms with Crippen molar-refractivity contribution < 1.29 is 0 Å². The number of rotatable bonds is 6. The van der Waals surface area contributed by atoms with Gasteiger partial charge in [-0.05, 0) is 30.7 Å². The number of nitrogens with one attached hydrogen (secondary N) is 1. The Morgan fingerprint density at radius 1 is 1.40 bits per heavy atom. The molecule has 0 aromatic rings. The van der Waals surface area contributed by atoms with Crippen LogP contribution in [0.4, 0.5) is 0 Å². The van der Waals surface area contributed by atoms with Gasteiger partial charge in [-0.1, -0.05) is 40.0 Å². The van der Waals surface area contributed by atoms with E-state index < -0.39 is 0 Å². The number of hydrogen-bond donors (Lipinski definition) is 2. The molecule has 0 saturated heterocycles. The molecule has 0 spiro atoms. The molecule has 2 unspecified atom stereocenters. The molecule has 0 aliphatic heterocycles. The van der Waals surface area contributed by atoms with E-state index in [1.807, 2.05) is 0 Å². The van der Waals surface area contributed by atoms with Gasteiger partial charge in [-0.2, -0.15) is 0 Å². The lowest BCUT2D eigenvalue weighted by atomic mass is 9.85. The highest BCUT2D eigenvalue weighted by Gasteiger charge is 2.35. The lowest BCUT2D eigenvalue weighted by Crippen LogP contribution is -2.43. The van der Waals surface area contributed by atoms with Crippen LogP contribution in [0.5, 0.6) is 0 Å². The highest BCUT2D eigenvalue weighted by Crippen LogP contribution is 2.35. The van der Waals surface area contributed by atoms with Gasteiger partial charge in [-0.15, -0.1) is 0 Å². The molecule has 1 fully saturated rings. The fourth-order valence-electron chi connectivity index (χ4n) is 2.62. The van der Waals surface area contributed by atoms with Crippen molar-refractivity contribution in [1.82, 2.24) is 5.32 Å². The largest absolute Gasteiger partial charge is 0.327 e. The first-order valence-corrected chi connectivity index (χ1v) is 6.58. The summed E-state index contributed by atoms with van der Waals surface area (Å²) in [5.74, 6) is 0.839. The topological polar surface area (TPSA) is 38.0 Å². The SMILES string of the molecule is CCC(CC)CNCC1(C)CCCC1N. The molecule has 0 bridgehead atoms. The molecule has 90 valence electrons. The van der Waals surface area contributed by atoms with Crippen LogP contribution in [-0.4, -0.2) is 19.1 Å². The lowest BCUT2D eigenvalue weighted by Gasteiger charge is -2.30. The van der Waals surface area contributed by atoms with Crippen molar-refractivity contribution in [1.29, 1.82) is 0 Å². The standard InChI is InChI=1S/C13H28N2/c1-4-11(5-2)9-15-10-13(3)8-6-7-12(13)14/h11-12,15H,4-10,14H2,1-3H3. The summed E-state index contributed by atoms with van der Waals surface area (Å²) in [4.78, 5) is 0. The predicted octanol–water partition coefficient (Wildman–Crippen LogP) is 2.53. The molecule has 0 aromatic carbocycles. The summed E-state index contributed by atoms with van der Waals surface area (Å²) in [7, 11) is 0. The first-order chi connectivity index (χ1) is 7.12. The summed E-state index contributed by atoms with van der Waals surface area (Å²) in [5.41, 5.74) is 6.51. The van der Waals surface area contributed by atoms with Gasteiger partial charge in [-0.3, -0.25) is 0 Å². The lowest BCUT2D eigenvalue weighted by molar-refractivity contribution is 0.268.